The van der Waals surface area contributed by atoms with Gasteiger partial charge in [0.25, 0.3) is 0 Å². The summed E-state index contributed by atoms with van der Waals surface area (Å²) in [7, 11) is 0. The van der Waals surface area contributed by atoms with E-state index in [-0.39, 0.29) is 0 Å². The molecule has 1 N–H and O–H groups in total. The van der Waals surface area contributed by atoms with Gasteiger partial charge in [-0.05, 0) is 19.3 Å². The minimum Gasteiger partial charge on any atom is -0.197 e. The lowest BCUT2D eigenvalue weighted by atomic mass is 9.86. The predicted molar refractivity (Wildman–Crippen MR) is 51.6 cm³/mol. The van der Waals surface area contributed by atoms with E-state index < -0.39 is 0 Å². The van der Waals surface area contributed by atoms with Crippen LogP contribution in [0.4, 0.5) is 0 Å². The third kappa shape index (κ3) is 1.74. The van der Waals surface area contributed by atoms with E-state index in [1.54, 1.807) is 0 Å². The zero-order chi connectivity index (χ0) is 9.10. The van der Waals surface area contributed by atoms with Crippen molar-refractivity contribution in [3.05, 3.63) is 11.4 Å². The molecule has 0 aliphatic heterocycles. The molecule has 1 aromatic heterocycles. The van der Waals surface area contributed by atoms with Crippen molar-refractivity contribution in [2.45, 2.75) is 51.4 Å². The van der Waals surface area contributed by atoms with Crippen LogP contribution in [0.5, 0.6) is 0 Å². The maximum absolute atomic E-state index is 4.27. The lowest BCUT2D eigenvalue weighted by molar-refractivity contribution is 0.434. The Bertz CT molecular complexity index is 261. The second kappa shape index (κ2) is 3.90. The SMILES string of the molecule is CCc1n[nH]nc1C1CCCCC1. The maximum Gasteiger partial charge on any atom is 0.0887 e. The predicted octanol–water partition coefficient (Wildman–Crippen LogP) is 2.41. The molecule has 1 fully saturated rings. The van der Waals surface area contributed by atoms with Crippen LogP contribution in [0.3, 0.4) is 0 Å². The van der Waals surface area contributed by atoms with E-state index in [0.717, 1.165) is 6.42 Å². The summed E-state index contributed by atoms with van der Waals surface area (Å²) in [6.07, 6.45) is 7.73. The first kappa shape index (κ1) is 8.73. The van der Waals surface area contributed by atoms with Crippen LogP contribution in [0.25, 0.3) is 0 Å². The van der Waals surface area contributed by atoms with Crippen molar-refractivity contribution in [3.63, 3.8) is 0 Å². The zero-order valence-electron chi connectivity index (χ0n) is 8.21. The molecule has 0 bridgehead atoms. The van der Waals surface area contributed by atoms with Gasteiger partial charge >= 0.3 is 0 Å². The summed E-state index contributed by atoms with van der Waals surface area (Å²) in [6.45, 7) is 2.14. The third-order valence-corrected chi connectivity index (χ3v) is 2.98. The molecule has 3 heteroatoms. The highest BCUT2D eigenvalue weighted by Crippen LogP contribution is 2.32. The van der Waals surface area contributed by atoms with Gasteiger partial charge in [0.1, 0.15) is 0 Å². The van der Waals surface area contributed by atoms with Crippen LogP contribution in [0.2, 0.25) is 0 Å². The number of nitrogens with one attached hydrogen (secondary N) is 1. The molecule has 0 spiro atoms. The first-order valence-corrected chi connectivity index (χ1v) is 5.31. The molecule has 1 aromatic rings. The molecular formula is C10H17N3. The van der Waals surface area contributed by atoms with E-state index in [0.29, 0.717) is 5.92 Å². The highest BCUT2D eigenvalue weighted by atomic mass is 15.3. The Kier molecular flexibility index (Phi) is 2.62. The summed E-state index contributed by atoms with van der Waals surface area (Å²) in [5.41, 5.74) is 2.41. The average molecular weight is 179 g/mol. The van der Waals surface area contributed by atoms with Crippen LogP contribution in [-0.4, -0.2) is 15.4 Å². The molecule has 2 rings (SSSR count). The monoisotopic (exact) mass is 179 g/mol. The smallest absolute Gasteiger partial charge is 0.0887 e. The molecule has 0 radical (unpaired) electrons. The number of aromatic nitrogens is 3. The summed E-state index contributed by atoms with van der Waals surface area (Å²) in [5, 5.41) is 11.2. The van der Waals surface area contributed by atoms with Gasteiger partial charge in [-0.1, -0.05) is 26.2 Å². The van der Waals surface area contributed by atoms with Gasteiger partial charge in [-0.15, -0.1) is 0 Å². The molecule has 1 aliphatic rings. The largest absolute Gasteiger partial charge is 0.197 e. The normalized spacial score (nSPS) is 19.2. The standard InChI is InChI=1S/C10H17N3/c1-2-9-10(12-13-11-9)8-6-4-3-5-7-8/h8H,2-7H2,1H3,(H,11,12,13). The number of nitrogens with zero attached hydrogens (tertiary/aromatic N) is 2. The number of hydrogen-bond acceptors (Lipinski definition) is 2. The van der Waals surface area contributed by atoms with Crippen molar-refractivity contribution < 1.29 is 0 Å². The molecule has 72 valence electrons. The Balaban J connectivity index is 2.13. The van der Waals surface area contributed by atoms with E-state index in [4.69, 9.17) is 0 Å². The summed E-state index contributed by atoms with van der Waals surface area (Å²) in [4.78, 5) is 0. The lowest BCUT2D eigenvalue weighted by Crippen LogP contribution is -2.07. The lowest BCUT2D eigenvalue weighted by Gasteiger charge is -2.19. The number of H-pyrrole nitrogens is 1. The van der Waals surface area contributed by atoms with Crippen LogP contribution in [0.15, 0.2) is 0 Å². The molecule has 0 amide bonds. The zero-order valence-corrected chi connectivity index (χ0v) is 8.21. The van der Waals surface area contributed by atoms with E-state index in [2.05, 4.69) is 22.3 Å². The van der Waals surface area contributed by atoms with Crippen molar-refractivity contribution in [3.8, 4) is 0 Å². The Morgan fingerprint density at radius 1 is 1.23 bits per heavy atom. The number of aromatic amines is 1. The summed E-state index contributed by atoms with van der Waals surface area (Å²) in [5.74, 6) is 0.683. The van der Waals surface area contributed by atoms with E-state index in [1.165, 1.54) is 43.5 Å². The molecule has 0 atom stereocenters. The summed E-state index contributed by atoms with van der Waals surface area (Å²) >= 11 is 0. The van der Waals surface area contributed by atoms with Crippen LogP contribution >= 0.6 is 0 Å². The Labute approximate surface area is 78.9 Å². The fourth-order valence-electron chi connectivity index (χ4n) is 2.22. The fourth-order valence-corrected chi connectivity index (χ4v) is 2.22. The van der Waals surface area contributed by atoms with E-state index in [9.17, 15) is 0 Å². The number of hydrogen-bond donors (Lipinski definition) is 1. The highest BCUT2D eigenvalue weighted by Gasteiger charge is 2.20. The minimum atomic E-state index is 0.683. The van der Waals surface area contributed by atoms with Crippen LogP contribution in [0.1, 0.15) is 56.3 Å². The Morgan fingerprint density at radius 3 is 2.69 bits per heavy atom. The van der Waals surface area contributed by atoms with Crippen molar-refractivity contribution in [1.82, 2.24) is 15.4 Å². The van der Waals surface area contributed by atoms with Crippen LogP contribution < -0.4 is 0 Å². The van der Waals surface area contributed by atoms with E-state index >= 15 is 0 Å². The van der Waals surface area contributed by atoms with Gasteiger partial charge in [0, 0.05) is 5.92 Å². The fraction of sp³-hybridized carbons (Fsp3) is 0.800. The van der Waals surface area contributed by atoms with Gasteiger partial charge in [-0.3, -0.25) is 0 Å². The van der Waals surface area contributed by atoms with Crippen molar-refractivity contribution >= 4 is 0 Å². The molecular weight excluding hydrogens is 162 g/mol. The first-order valence-electron chi connectivity index (χ1n) is 5.31. The summed E-state index contributed by atoms with van der Waals surface area (Å²) in [6, 6.07) is 0. The van der Waals surface area contributed by atoms with Gasteiger partial charge in [0.15, 0.2) is 0 Å². The average Bonchev–Trinajstić information content (AvgIpc) is 2.67. The van der Waals surface area contributed by atoms with Gasteiger partial charge in [-0.25, -0.2) is 0 Å². The second-order valence-electron chi connectivity index (χ2n) is 3.84. The first-order chi connectivity index (χ1) is 6.42. The van der Waals surface area contributed by atoms with Crippen LogP contribution in [0, 0.1) is 0 Å². The van der Waals surface area contributed by atoms with E-state index in [1.807, 2.05) is 0 Å². The quantitative estimate of drug-likeness (QED) is 0.757. The maximum atomic E-state index is 4.27. The highest BCUT2D eigenvalue weighted by molar-refractivity contribution is 5.14. The Morgan fingerprint density at radius 2 is 2.00 bits per heavy atom. The number of rotatable bonds is 2. The van der Waals surface area contributed by atoms with Gasteiger partial charge in [0.05, 0.1) is 11.4 Å². The summed E-state index contributed by atoms with van der Waals surface area (Å²) < 4.78 is 0. The van der Waals surface area contributed by atoms with Gasteiger partial charge in [-0.2, -0.15) is 15.4 Å². The van der Waals surface area contributed by atoms with Crippen molar-refractivity contribution in [2.24, 2.45) is 0 Å². The molecule has 0 saturated heterocycles. The van der Waals surface area contributed by atoms with Gasteiger partial charge in [0.2, 0.25) is 0 Å². The minimum absolute atomic E-state index is 0.683. The van der Waals surface area contributed by atoms with Crippen molar-refractivity contribution in [2.75, 3.05) is 0 Å². The van der Waals surface area contributed by atoms with Gasteiger partial charge < -0.3 is 0 Å². The molecule has 13 heavy (non-hydrogen) atoms. The molecule has 1 heterocycles. The third-order valence-electron chi connectivity index (χ3n) is 2.98. The second-order valence-corrected chi connectivity index (χ2v) is 3.84. The molecule has 3 nitrogen and oxygen atoms in total. The molecule has 1 aliphatic carbocycles. The van der Waals surface area contributed by atoms with Crippen molar-refractivity contribution in [1.29, 1.82) is 0 Å². The number of aryl methyl sites for hydroxylation is 1. The Hall–Kier alpha value is -0.860. The molecule has 0 unspecified atom stereocenters. The van der Waals surface area contributed by atoms with Crippen LogP contribution in [-0.2, 0) is 6.42 Å². The molecule has 1 saturated carbocycles. The topological polar surface area (TPSA) is 41.6 Å². The molecule has 0 aromatic carbocycles.